The van der Waals surface area contributed by atoms with Gasteiger partial charge in [-0.3, -0.25) is 9.59 Å². The lowest BCUT2D eigenvalue weighted by Gasteiger charge is -2.33. The Hall–Kier alpha value is -2.82. The molecular weight excluding hydrogens is 302 g/mol. The standard InChI is InChI=1S/C19H19N3O2/c23-18(20-12-13-5-2-1-3-6-13)14-8-9-16-15(11-14)21-19(24)17-7-4-10-22(16)17/h1-3,5-6,8-9,11,17H,4,7,10,12H2,(H,20,23)(H,21,24)/t17-/m1/s1. The van der Waals surface area contributed by atoms with E-state index in [0.29, 0.717) is 12.1 Å². The maximum absolute atomic E-state index is 12.4. The molecular formula is C19H19N3O2. The van der Waals surface area contributed by atoms with Gasteiger partial charge in [-0.05, 0) is 36.6 Å². The lowest BCUT2D eigenvalue weighted by molar-refractivity contribution is -0.117. The van der Waals surface area contributed by atoms with Crippen molar-refractivity contribution in [3.63, 3.8) is 0 Å². The third-order valence-electron chi connectivity index (χ3n) is 4.68. The van der Waals surface area contributed by atoms with Crippen LogP contribution in [0.1, 0.15) is 28.8 Å². The van der Waals surface area contributed by atoms with E-state index in [9.17, 15) is 9.59 Å². The van der Waals surface area contributed by atoms with E-state index in [0.717, 1.165) is 36.3 Å². The Morgan fingerprint density at radius 1 is 1.21 bits per heavy atom. The Kier molecular flexibility index (Phi) is 3.69. The molecule has 5 heteroatoms. The van der Waals surface area contributed by atoms with E-state index < -0.39 is 0 Å². The van der Waals surface area contributed by atoms with E-state index in [1.165, 1.54) is 0 Å². The minimum Gasteiger partial charge on any atom is -0.358 e. The zero-order valence-electron chi connectivity index (χ0n) is 13.3. The van der Waals surface area contributed by atoms with Gasteiger partial charge in [-0.15, -0.1) is 0 Å². The summed E-state index contributed by atoms with van der Waals surface area (Å²) < 4.78 is 0. The molecule has 5 nitrogen and oxygen atoms in total. The second-order valence-electron chi connectivity index (χ2n) is 6.24. The van der Waals surface area contributed by atoms with Gasteiger partial charge in [-0.1, -0.05) is 30.3 Å². The van der Waals surface area contributed by atoms with Crippen LogP contribution in [-0.2, 0) is 11.3 Å². The first-order chi connectivity index (χ1) is 11.7. The summed E-state index contributed by atoms with van der Waals surface area (Å²) in [6.07, 6.45) is 1.92. The molecule has 0 radical (unpaired) electrons. The van der Waals surface area contributed by atoms with Gasteiger partial charge in [-0.2, -0.15) is 0 Å². The molecule has 2 heterocycles. The van der Waals surface area contributed by atoms with Gasteiger partial charge < -0.3 is 15.5 Å². The third kappa shape index (κ3) is 2.62. The molecule has 0 aromatic heterocycles. The molecule has 4 rings (SSSR count). The number of carbonyl (C=O) groups is 2. The summed E-state index contributed by atoms with van der Waals surface area (Å²) in [7, 11) is 0. The van der Waals surface area contributed by atoms with Gasteiger partial charge in [0.25, 0.3) is 5.91 Å². The van der Waals surface area contributed by atoms with Crippen molar-refractivity contribution in [2.45, 2.75) is 25.4 Å². The van der Waals surface area contributed by atoms with Crippen LogP contribution >= 0.6 is 0 Å². The van der Waals surface area contributed by atoms with Crippen molar-refractivity contribution >= 4 is 23.2 Å². The highest BCUT2D eigenvalue weighted by molar-refractivity contribution is 6.06. The summed E-state index contributed by atoms with van der Waals surface area (Å²) in [6, 6.07) is 15.3. The van der Waals surface area contributed by atoms with Crippen LogP contribution < -0.4 is 15.5 Å². The van der Waals surface area contributed by atoms with E-state index in [-0.39, 0.29) is 17.9 Å². The average Bonchev–Trinajstić information content (AvgIpc) is 3.11. The molecule has 1 saturated heterocycles. The van der Waals surface area contributed by atoms with E-state index in [1.54, 1.807) is 6.07 Å². The maximum Gasteiger partial charge on any atom is 0.251 e. The van der Waals surface area contributed by atoms with Gasteiger partial charge in [0.2, 0.25) is 5.91 Å². The Balaban J connectivity index is 1.52. The van der Waals surface area contributed by atoms with Crippen molar-refractivity contribution in [3.05, 3.63) is 59.7 Å². The Morgan fingerprint density at radius 2 is 2.04 bits per heavy atom. The van der Waals surface area contributed by atoms with Crippen LogP contribution in [0.3, 0.4) is 0 Å². The molecule has 0 saturated carbocycles. The smallest absolute Gasteiger partial charge is 0.251 e. The molecule has 2 N–H and O–H groups in total. The topological polar surface area (TPSA) is 61.4 Å². The fraction of sp³-hybridized carbons (Fsp3) is 0.263. The summed E-state index contributed by atoms with van der Waals surface area (Å²) in [5, 5.41) is 5.85. The molecule has 2 aliphatic rings. The van der Waals surface area contributed by atoms with Crippen LogP contribution in [0.25, 0.3) is 0 Å². The zero-order chi connectivity index (χ0) is 16.5. The second-order valence-corrected chi connectivity index (χ2v) is 6.24. The summed E-state index contributed by atoms with van der Waals surface area (Å²) in [4.78, 5) is 26.7. The lowest BCUT2D eigenvalue weighted by Crippen LogP contribution is -2.44. The van der Waals surface area contributed by atoms with Crippen LogP contribution in [0.5, 0.6) is 0 Å². The maximum atomic E-state index is 12.4. The molecule has 2 aliphatic heterocycles. The highest BCUT2D eigenvalue weighted by atomic mass is 16.2. The molecule has 122 valence electrons. The van der Waals surface area contributed by atoms with E-state index in [4.69, 9.17) is 0 Å². The molecule has 1 fully saturated rings. The molecule has 0 bridgehead atoms. The quantitative estimate of drug-likeness (QED) is 0.913. The molecule has 0 aliphatic carbocycles. The summed E-state index contributed by atoms with van der Waals surface area (Å²) in [6.45, 7) is 1.38. The molecule has 2 amide bonds. The number of nitrogens with zero attached hydrogens (tertiary/aromatic N) is 1. The highest BCUT2D eigenvalue weighted by Gasteiger charge is 2.36. The first kappa shape index (κ1) is 14.8. The van der Waals surface area contributed by atoms with Crippen molar-refractivity contribution in [2.75, 3.05) is 16.8 Å². The monoisotopic (exact) mass is 321 g/mol. The van der Waals surface area contributed by atoms with Gasteiger partial charge in [0.1, 0.15) is 6.04 Å². The summed E-state index contributed by atoms with van der Waals surface area (Å²) in [5.41, 5.74) is 3.35. The molecule has 1 atom stereocenters. The van der Waals surface area contributed by atoms with Crippen LogP contribution in [0.15, 0.2) is 48.5 Å². The molecule has 0 unspecified atom stereocenters. The number of rotatable bonds is 3. The van der Waals surface area contributed by atoms with Gasteiger partial charge in [0.15, 0.2) is 0 Å². The number of benzene rings is 2. The number of amides is 2. The minimum atomic E-state index is -0.139. The van der Waals surface area contributed by atoms with E-state index in [1.807, 2.05) is 42.5 Å². The SMILES string of the molecule is O=C(NCc1ccccc1)c1ccc2c(c1)NC(=O)[C@H]1CCCN21. The number of fused-ring (bicyclic) bond motifs is 3. The van der Waals surface area contributed by atoms with Crippen LogP contribution in [0, 0.1) is 0 Å². The first-order valence-electron chi connectivity index (χ1n) is 8.26. The number of hydrogen-bond acceptors (Lipinski definition) is 3. The van der Waals surface area contributed by atoms with E-state index >= 15 is 0 Å². The Morgan fingerprint density at radius 3 is 2.88 bits per heavy atom. The van der Waals surface area contributed by atoms with Crippen LogP contribution in [-0.4, -0.2) is 24.4 Å². The van der Waals surface area contributed by atoms with Crippen molar-refractivity contribution in [1.29, 1.82) is 0 Å². The Labute approximate surface area is 140 Å². The highest BCUT2D eigenvalue weighted by Crippen LogP contribution is 2.37. The molecule has 24 heavy (non-hydrogen) atoms. The summed E-state index contributed by atoms with van der Waals surface area (Å²) >= 11 is 0. The normalized spacial score (nSPS) is 18.6. The van der Waals surface area contributed by atoms with Crippen molar-refractivity contribution in [2.24, 2.45) is 0 Å². The largest absolute Gasteiger partial charge is 0.358 e. The van der Waals surface area contributed by atoms with Crippen LogP contribution in [0.2, 0.25) is 0 Å². The average molecular weight is 321 g/mol. The molecule has 2 aromatic rings. The van der Waals surface area contributed by atoms with E-state index in [2.05, 4.69) is 15.5 Å². The summed E-state index contributed by atoms with van der Waals surface area (Å²) in [5.74, 6) is -0.110. The molecule has 2 aromatic carbocycles. The molecule has 0 spiro atoms. The zero-order valence-corrected chi connectivity index (χ0v) is 13.3. The minimum absolute atomic E-state index is 0.0295. The van der Waals surface area contributed by atoms with Crippen LogP contribution in [0.4, 0.5) is 11.4 Å². The van der Waals surface area contributed by atoms with Gasteiger partial charge >= 0.3 is 0 Å². The fourth-order valence-corrected chi connectivity index (χ4v) is 3.45. The first-order valence-corrected chi connectivity index (χ1v) is 8.26. The van der Waals surface area contributed by atoms with Gasteiger partial charge in [0, 0.05) is 18.7 Å². The number of anilines is 2. The van der Waals surface area contributed by atoms with Crippen molar-refractivity contribution in [1.82, 2.24) is 5.32 Å². The lowest BCUT2D eigenvalue weighted by atomic mass is 10.1. The predicted molar refractivity (Wildman–Crippen MR) is 93.1 cm³/mol. The predicted octanol–water partition coefficient (Wildman–Crippen LogP) is 2.54. The Bertz CT molecular complexity index is 788. The van der Waals surface area contributed by atoms with Gasteiger partial charge in [-0.25, -0.2) is 0 Å². The number of nitrogens with one attached hydrogen (secondary N) is 2. The number of hydrogen-bond donors (Lipinski definition) is 2. The van der Waals surface area contributed by atoms with Crippen molar-refractivity contribution in [3.8, 4) is 0 Å². The fourth-order valence-electron chi connectivity index (χ4n) is 3.45. The van der Waals surface area contributed by atoms with Gasteiger partial charge in [0.05, 0.1) is 11.4 Å². The number of carbonyl (C=O) groups excluding carboxylic acids is 2. The third-order valence-corrected chi connectivity index (χ3v) is 4.68. The second kappa shape index (κ2) is 6.00. The van der Waals surface area contributed by atoms with Crippen molar-refractivity contribution < 1.29 is 9.59 Å².